The van der Waals surface area contributed by atoms with Crippen LogP contribution in [0.1, 0.15) is 17.3 Å². The lowest BCUT2D eigenvalue weighted by Gasteiger charge is -2.07. The van der Waals surface area contributed by atoms with Gasteiger partial charge >= 0.3 is 0 Å². The molecule has 1 aromatic carbocycles. The number of aryl methyl sites for hydroxylation is 2. The van der Waals surface area contributed by atoms with E-state index in [1.807, 2.05) is 13.8 Å². The Morgan fingerprint density at radius 3 is 2.50 bits per heavy atom. The Bertz CT molecular complexity index is 542. The summed E-state index contributed by atoms with van der Waals surface area (Å²) >= 11 is -2.21. The second kappa shape index (κ2) is 5.32. The van der Waals surface area contributed by atoms with E-state index in [1.54, 1.807) is 12.1 Å². The highest BCUT2D eigenvalue weighted by molar-refractivity contribution is 7.79. The van der Waals surface area contributed by atoms with Crippen LogP contribution in [0.15, 0.2) is 33.6 Å². The highest BCUT2D eigenvalue weighted by Gasteiger charge is 2.06. The van der Waals surface area contributed by atoms with Crippen molar-refractivity contribution in [2.75, 3.05) is 0 Å². The summed E-state index contributed by atoms with van der Waals surface area (Å²) in [4.78, 5) is 4.41. The third-order valence-corrected chi connectivity index (χ3v) is 3.11. The molecule has 5 nitrogen and oxygen atoms in total. The molecule has 0 saturated carbocycles. The maximum absolute atomic E-state index is 10.7. The quantitative estimate of drug-likeness (QED) is 0.792. The topological polar surface area (TPSA) is 75.4 Å². The van der Waals surface area contributed by atoms with Crippen LogP contribution in [-0.4, -0.2) is 13.7 Å². The predicted octanol–water partition coefficient (Wildman–Crippen LogP) is 2.11. The highest BCUT2D eigenvalue weighted by atomic mass is 32.2. The third kappa shape index (κ3) is 2.96. The van der Waals surface area contributed by atoms with Crippen LogP contribution in [-0.2, 0) is 17.7 Å². The van der Waals surface area contributed by atoms with Crippen molar-refractivity contribution in [1.29, 1.82) is 0 Å². The van der Waals surface area contributed by atoms with Crippen molar-refractivity contribution in [2.45, 2.75) is 25.3 Å². The summed E-state index contributed by atoms with van der Waals surface area (Å²) in [7, 11) is 0. The van der Waals surface area contributed by atoms with Crippen LogP contribution < -0.4 is 4.74 Å². The van der Waals surface area contributed by atoms with Crippen LogP contribution in [0.4, 0.5) is 0 Å². The predicted molar refractivity (Wildman–Crippen MR) is 63.9 cm³/mol. The van der Waals surface area contributed by atoms with Crippen molar-refractivity contribution in [1.82, 2.24) is 4.98 Å². The van der Waals surface area contributed by atoms with Crippen molar-refractivity contribution >= 4 is 11.1 Å². The fourth-order valence-electron chi connectivity index (χ4n) is 1.39. The number of oxazole rings is 1. The van der Waals surface area contributed by atoms with E-state index in [0.29, 0.717) is 11.6 Å². The van der Waals surface area contributed by atoms with E-state index in [1.165, 1.54) is 12.1 Å². The van der Waals surface area contributed by atoms with Gasteiger partial charge in [0.15, 0.2) is 6.61 Å². The molecule has 1 aromatic heterocycles. The third-order valence-electron chi connectivity index (χ3n) is 2.45. The summed E-state index contributed by atoms with van der Waals surface area (Å²) in [5.41, 5.74) is 0.839. The molecule has 2 aromatic rings. The van der Waals surface area contributed by atoms with E-state index in [9.17, 15) is 8.76 Å². The standard InChI is InChI=1S/C12H13NO4S/c1-8-9(2)17-12(13-8)7-16-10-3-5-11(6-4-10)18(14)15/h3-6H,7H2,1-2H3,(H,14,15)/p-1. The van der Waals surface area contributed by atoms with Gasteiger partial charge in [0.25, 0.3) is 0 Å². The van der Waals surface area contributed by atoms with Gasteiger partial charge < -0.3 is 13.7 Å². The zero-order chi connectivity index (χ0) is 13.1. The second-order valence-corrected chi connectivity index (χ2v) is 4.68. The SMILES string of the molecule is Cc1nc(COc2ccc(S(=O)[O-])cc2)oc1C. The minimum Gasteiger partial charge on any atom is -0.768 e. The normalized spacial score (nSPS) is 12.4. The molecule has 0 radical (unpaired) electrons. The van der Waals surface area contributed by atoms with Crippen molar-refractivity contribution in [3.05, 3.63) is 41.6 Å². The number of hydrogen-bond donors (Lipinski definition) is 0. The van der Waals surface area contributed by atoms with Gasteiger partial charge in [-0.15, -0.1) is 0 Å². The molecule has 1 unspecified atom stereocenters. The molecule has 1 heterocycles. The first-order valence-electron chi connectivity index (χ1n) is 5.31. The highest BCUT2D eigenvalue weighted by Crippen LogP contribution is 2.16. The van der Waals surface area contributed by atoms with Crippen molar-refractivity contribution in [3.8, 4) is 5.75 Å². The van der Waals surface area contributed by atoms with Gasteiger partial charge in [-0.2, -0.15) is 0 Å². The number of ether oxygens (including phenoxy) is 1. The van der Waals surface area contributed by atoms with Crippen LogP contribution in [0.5, 0.6) is 5.75 Å². The molecule has 0 amide bonds. The lowest BCUT2D eigenvalue weighted by Crippen LogP contribution is -1.96. The Kier molecular flexibility index (Phi) is 3.78. The molecule has 0 aliphatic heterocycles. The Morgan fingerprint density at radius 1 is 1.33 bits per heavy atom. The van der Waals surface area contributed by atoms with Gasteiger partial charge in [0.2, 0.25) is 5.89 Å². The van der Waals surface area contributed by atoms with E-state index in [4.69, 9.17) is 9.15 Å². The molecule has 18 heavy (non-hydrogen) atoms. The monoisotopic (exact) mass is 266 g/mol. The van der Waals surface area contributed by atoms with Gasteiger partial charge in [0.05, 0.1) is 5.69 Å². The summed E-state index contributed by atoms with van der Waals surface area (Å²) in [6, 6.07) is 6.14. The zero-order valence-electron chi connectivity index (χ0n) is 10.0. The van der Waals surface area contributed by atoms with Gasteiger partial charge in [-0.1, -0.05) is 0 Å². The number of nitrogens with zero attached hydrogens (tertiary/aromatic N) is 1. The lowest BCUT2D eigenvalue weighted by molar-refractivity contribution is 0.260. The average molecular weight is 266 g/mol. The molecular weight excluding hydrogens is 254 g/mol. The van der Waals surface area contributed by atoms with Crippen LogP contribution in [0.2, 0.25) is 0 Å². The number of rotatable bonds is 4. The minimum absolute atomic E-state index is 0.217. The average Bonchev–Trinajstić information content (AvgIpc) is 2.67. The van der Waals surface area contributed by atoms with Crippen molar-refractivity contribution in [2.24, 2.45) is 0 Å². The Hall–Kier alpha value is -1.66. The molecule has 0 spiro atoms. The number of hydrogen-bond acceptors (Lipinski definition) is 5. The molecular formula is C12H12NO4S-. The summed E-state index contributed by atoms with van der Waals surface area (Å²) in [6.45, 7) is 3.92. The van der Waals surface area contributed by atoms with Gasteiger partial charge in [0.1, 0.15) is 11.5 Å². The lowest BCUT2D eigenvalue weighted by atomic mass is 10.3. The summed E-state index contributed by atoms with van der Waals surface area (Å²) in [5, 5.41) is 0. The maximum atomic E-state index is 10.7. The molecule has 0 aliphatic carbocycles. The number of benzene rings is 1. The second-order valence-electron chi connectivity index (χ2n) is 3.74. The van der Waals surface area contributed by atoms with Gasteiger partial charge in [0, 0.05) is 4.90 Å². The Morgan fingerprint density at radius 2 is 2.00 bits per heavy atom. The fourth-order valence-corrected chi connectivity index (χ4v) is 1.75. The number of aromatic nitrogens is 1. The first-order valence-corrected chi connectivity index (χ1v) is 6.39. The van der Waals surface area contributed by atoms with Crippen LogP contribution in [0.25, 0.3) is 0 Å². The first-order chi connectivity index (χ1) is 8.56. The van der Waals surface area contributed by atoms with E-state index in [2.05, 4.69) is 4.98 Å². The molecule has 0 fully saturated rings. The Balaban J connectivity index is 2.00. The van der Waals surface area contributed by atoms with Crippen LogP contribution in [0, 0.1) is 13.8 Å². The van der Waals surface area contributed by atoms with E-state index >= 15 is 0 Å². The molecule has 96 valence electrons. The summed E-state index contributed by atoms with van der Waals surface area (Å²) in [5.74, 6) is 1.84. The maximum Gasteiger partial charge on any atom is 0.232 e. The fraction of sp³-hybridized carbons (Fsp3) is 0.250. The van der Waals surface area contributed by atoms with Crippen LogP contribution in [0.3, 0.4) is 0 Å². The summed E-state index contributed by atoms with van der Waals surface area (Å²) in [6.07, 6.45) is 0. The van der Waals surface area contributed by atoms with Gasteiger partial charge in [-0.3, -0.25) is 4.21 Å². The molecule has 2 rings (SSSR count). The molecule has 6 heteroatoms. The molecule has 0 saturated heterocycles. The van der Waals surface area contributed by atoms with E-state index < -0.39 is 11.1 Å². The van der Waals surface area contributed by atoms with Gasteiger partial charge in [-0.25, -0.2) is 4.98 Å². The molecule has 0 N–H and O–H groups in total. The smallest absolute Gasteiger partial charge is 0.232 e. The van der Waals surface area contributed by atoms with E-state index in [0.717, 1.165) is 11.5 Å². The first kappa shape index (κ1) is 12.8. The summed E-state index contributed by atoms with van der Waals surface area (Å²) < 4.78 is 32.1. The Labute approximate surface area is 107 Å². The van der Waals surface area contributed by atoms with Gasteiger partial charge in [-0.05, 0) is 49.2 Å². The molecule has 0 aliphatic rings. The van der Waals surface area contributed by atoms with E-state index in [-0.39, 0.29) is 11.5 Å². The van der Waals surface area contributed by atoms with Crippen molar-refractivity contribution in [3.63, 3.8) is 0 Å². The zero-order valence-corrected chi connectivity index (χ0v) is 10.8. The minimum atomic E-state index is -2.21. The molecule has 1 atom stereocenters. The molecule has 0 bridgehead atoms. The largest absolute Gasteiger partial charge is 0.768 e. The van der Waals surface area contributed by atoms with Crippen molar-refractivity contribution < 1.29 is 17.9 Å². The van der Waals surface area contributed by atoms with Crippen LogP contribution >= 0.6 is 0 Å².